The van der Waals surface area contributed by atoms with Crippen molar-refractivity contribution in [2.75, 3.05) is 7.11 Å². The van der Waals surface area contributed by atoms with Crippen molar-refractivity contribution in [1.82, 2.24) is 5.32 Å². The largest absolute Gasteiger partial charge is 0.468 e. The summed E-state index contributed by atoms with van der Waals surface area (Å²) in [5.41, 5.74) is 1.20. The molecule has 1 aliphatic rings. The van der Waals surface area contributed by atoms with Crippen LogP contribution in [0.3, 0.4) is 0 Å². The van der Waals surface area contributed by atoms with Crippen LogP contribution in [-0.4, -0.2) is 19.1 Å². The van der Waals surface area contributed by atoms with E-state index < -0.39 is 0 Å². The Kier molecular flexibility index (Phi) is 3.79. The second kappa shape index (κ2) is 5.32. The Morgan fingerprint density at radius 2 is 2.00 bits per heavy atom. The van der Waals surface area contributed by atoms with Crippen LogP contribution in [0.2, 0.25) is 0 Å². The summed E-state index contributed by atoms with van der Waals surface area (Å²) in [5.74, 6) is 0.309. The normalized spacial score (nSPS) is 18.5. The molecule has 92 valence electrons. The minimum Gasteiger partial charge on any atom is -0.468 e. The molecule has 0 amide bonds. The average molecular weight is 233 g/mol. The summed E-state index contributed by atoms with van der Waals surface area (Å²) in [6.45, 7) is 2.08. The Hall–Kier alpha value is -1.35. The van der Waals surface area contributed by atoms with Gasteiger partial charge in [-0.2, -0.15) is 0 Å². The third-order valence-electron chi connectivity index (χ3n) is 3.28. The Balaban J connectivity index is 2.00. The lowest BCUT2D eigenvalue weighted by atomic mass is 10.1. The van der Waals surface area contributed by atoms with Crippen LogP contribution in [0.5, 0.6) is 0 Å². The number of carbonyl (C=O) groups excluding carboxylic acids is 1. The highest BCUT2D eigenvalue weighted by Crippen LogP contribution is 2.34. The van der Waals surface area contributed by atoms with Crippen LogP contribution < -0.4 is 5.32 Å². The first-order chi connectivity index (χ1) is 8.22. The van der Waals surface area contributed by atoms with Crippen molar-refractivity contribution in [2.45, 2.75) is 31.8 Å². The molecule has 3 nitrogen and oxygen atoms in total. The highest BCUT2D eigenvalue weighted by atomic mass is 16.5. The van der Waals surface area contributed by atoms with Gasteiger partial charge < -0.3 is 4.74 Å². The Morgan fingerprint density at radius 1 is 1.35 bits per heavy atom. The smallest absolute Gasteiger partial charge is 0.323 e. The van der Waals surface area contributed by atoms with Gasteiger partial charge in [-0.15, -0.1) is 0 Å². The van der Waals surface area contributed by atoms with Gasteiger partial charge >= 0.3 is 5.97 Å². The SMILES string of the molecule is COC(=O)C(N[C@@H](C)c1ccccc1)C1CC1. The molecule has 1 aliphatic carbocycles. The van der Waals surface area contributed by atoms with E-state index in [0.29, 0.717) is 5.92 Å². The number of hydrogen-bond donors (Lipinski definition) is 1. The van der Waals surface area contributed by atoms with Crippen molar-refractivity contribution < 1.29 is 9.53 Å². The fourth-order valence-corrected chi connectivity index (χ4v) is 2.06. The molecule has 0 aliphatic heterocycles. The lowest BCUT2D eigenvalue weighted by molar-refractivity contribution is -0.144. The van der Waals surface area contributed by atoms with Gasteiger partial charge in [0.25, 0.3) is 0 Å². The average Bonchev–Trinajstić information content (AvgIpc) is 3.20. The van der Waals surface area contributed by atoms with Gasteiger partial charge in [0.1, 0.15) is 6.04 Å². The third-order valence-corrected chi connectivity index (χ3v) is 3.28. The first kappa shape index (κ1) is 12.1. The molecule has 1 saturated carbocycles. The van der Waals surface area contributed by atoms with E-state index in [1.54, 1.807) is 0 Å². The van der Waals surface area contributed by atoms with E-state index >= 15 is 0 Å². The summed E-state index contributed by atoms with van der Waals surface area (Å²) in [4.78, 5) is 11.7. The van der Waals surface area contributed by atoms with Gasteiger partial charge in [-0.05, 0) is 31.2 Å². The lowest BCUT2D eigenvalue weighted by Crippen LogP contribution is -2.40. The topological polar surface area (TPSA) is 38.3 Å². The standard InChI is InChI=1S/C14H19NO2/c1-10(11-6-4-3-5-7-11)15-13(12-8-9-12)14(16)17-2/h3-7,10,12-13,15H,8-9H2,1-2H3/t10-,13?/m0/s1. The zero-order valence-electron chi connectivity index (χ0n) is 10.3. The molecular weight excluding hydrogens is 214 g/mol. The van der Waals surface area contributed by atoms with Crippen LogP contribution in [0, 0.1) is 5.92 Å². The minimum atomic E-state index is -0.157. The number of nitrogens with one attached hydrogen (secondary N) is 1. The van der Waals surface area contributed by atoms with E-state index in [-0.39, 0.29) is 18.1 Å². The fourth-order valence-electron chi connectivity index (χ4n) is 2.06. The van der Waals surface area contributed by atoms with Crippen molar-refractivity contribution in [3.05, 3.63) is 35.9 Å². The van der Waals surface area contributed by atoms with Gasteiger partial charge in [-0.3, -0.25) is 10.1 Å². The Bertz CT molecular complexity index is 373. The molecule has 1 unspecified atom stereocenters. The van der Waals surface area contributed by atoms with E-state index in [9.17, 15) is 4.79 Å². The fraction of sp³-hybridized carbons (Fsp3) is 0.500. The predicted octanol–water partition coefficient (Wildman–Crippen LogP) is 2.29. The van der Waals surface area contributed by atoms with Gasteiger partial charge in [0.15, 0.2) is 0 Å². The molecule has 0 aromatic heterocycles. The number of esters is 1. The summed E-state index contributed by atoms with van der Waals surface area (Å²) in [6, 6.07) is 10.2. The molecular formula is C14H19NO2. The number of rotatable bonds is 5. The monoisotopic (exact) mass is 233 g/mol. The molecule has 2 atom stereocenters. The van der Waals surface area contributed by atoms with Crippen LogP contribution in [0.25, 0.3) is 0 Å². The minimum absolute atomic E-state index is 0.143. The van der Waals surface area contributed by atoms with Gasteiger partial charge in [-0.1, -0.05) is 30.3 Å². The summed E-state index contributed by atoms with van der Waals surface area (Å²) in [5, 5.41) is 3.37. The molecule has 0 saturated heterocycles. The van der Waals surface area contributed by atoms with Crippen LogP contribution in [-0.2, 0) is 9.53 Å². The maximum absolute atomic E-state index is 11.7. The number of methoxy groups -OCH3 is 1. The third kappa shape index (κ3) is 3.07. The van der Waals surface area contributed by atoms with E-state index in [1.807, 2.05) is 18.2 Å². The first-order valence-electron chi connectivity index (χ1n) is 6.11. The quantitative estimate of drug-likeness (QED) is 0.793. The zero-order chi connectivity index (χ0) is 12.3. The van der Waals surface area contributed by atoms with Crippen molar-refractivity contribution in [1.29, 1.82) is 0 Å². The molecule has 0 radical (unpaired) electrons. The summed E-state index contributed by atoms with van der Waals surface area (Å²) < 4.78 is 4.85. The summed E-state index contributed by atoms with van der Waals surface area (Å²) in [7, 11) is 1.45. The Morgan fingerprint density at radius 3 is 2.53 bits per heavy atom. The number of hydrogen-bond acceptors (Lipinski definition) is 3. The van der Waals surface area contributed by atoms with E-state index in [0.717, 1.165) is 12.8 Å². The second-order valence-electron chi connectivity index (χ2n) is 4.64. The predicted molar refractivity (Wildman–Crippen MR) is 66.5 cm³/mol. The van der Waals surface area contributed by atoms with E-state index in [1.165, 1.54) is 12.7 Å². The number of ether oxygens (including phenoxy) is 1. The molecule has 1 N–H and O–H groups in total. The highest BCUT2D eigenvalue weighted by molar-refractivity contribution is 5.76. The molecule has 0 spiro atoms. The molecule has 0 heterocycles. The maximum Gasteiger partial charge on any atom is 0.323 e. The molecule has 1 aromatic rings. The van der Waals surface area contributed by atoms with Gasteiger partial charge in [-0.25, -0.2) is 0 Å². The van der Waals surface area contributed by atoms with E-state index in [2.05, 4.69) is 24.4 Å². The molecule has 2 rings (SSSR count). The summed E-state index contributed by atoms with van der Waals surface area (Å²) >= 11 is 0. The van der Waals surface area contributed by atoms with Crippen LogP contribution in [0.1, 0.15) is 31.4 Å². The van der Waals surface area contributed by atoms with Gasteiger partial charge in [0.05, 0.1) is 7.11 Å². The second-order valence-corrected chi connectivity index (χ2v) is 4.64. The summed E-state index contributed by atoms with van der Waals surface area (Å²) in [6.07, 6.45) is 2.24. The number of carbonyl (C=O) groups is 1. The van der Waals surface area contributed by atoms with Crippen molar-refractivity contribution in [2.24, 2.45) is 5.92 Å². The molecule has 3 heteroatoms. The first-order valence-corrected chi connectivity index (χ1v) is 6.11. The van der Waals surface area contributed by atoms with Crippen molar-refractivity contribution in [3.8, 4) is 0 Å². The van der Waals surface area contributed by atoms with Crippen LogP contribution in [0.15, 0.2) is 30.3 Å². The molecule has 17 heavy (non-hydrogen) atoms. The van der Waals surface area contributed by atoms with Gasteiger partial charge in [0.2, 0.25) is 0 Å². The molecule has 1 aromatic carbocycles. The van der Waals surface area contributed by atoms with Crippen molar-refractivity contribution in [3.63, 3.8) is 0 Å². The van der Waals surface area contributed by atoms with Crippen LogP contribution >= 0.6 is 0 Å². The molecule has 1 fully saturated rings. The van der Waals surface area contributed by atoms with Crippen molar-refractivity contribution >= 4 is 5.97 Å². The van der Waals surface area contributed by atoms with Crippen LogP contribution in [0.4, 0.5) is 0 Å². The molecule has 0 bridgehead atoms. The maximum atomic E-state index is 11.7. The lowest BCUT2D eigenvalue weighted by Gasteiger charge is -2.21. The Labute approximate surface area is 102 Å². The van der Waals surface area contributed by atoms with E-state index in [4.69, 9.17) is 4.74 Å². The number of benzene rings is 1. The zero-order valence-corrected chi connectivity index (χ0v) is 10.3. The highest BCUT2D eigenvalue weighted by Gasteiger charge is 2.37. The van der Waals surface area contributed by atoms with Gasteiger partial charge in [0, 0.05) is 6.04 Å².